The molecule has 0 radical (unpaired) electrons. The van der Waals surface area contributed by atoms with Gasteiger partial charge in [-0.25, -0.2) is 9.97 Å². The number of benzene rings is 1. The van der Waals surface area contributed by atoms with Crippen LogP contribution in [0.5, 0.6) is 5.88 Å². The standard InChI is InChI=1S/C21H25N5O2/c1-13(2)26-19-5-4-16(25-14(3)15-9-22-12-23-10-15)8-17(19)20(21(26)27)18-11-28-7-6-24-18/h4-5,8-10,12-14,25,27H,6-7,11H2,1-3H3. The molecule has 2 N–H and O–H groups in total. The van der Waals surface area contributed by atoms with Gasteiger partial charge in [-0.2, -0.15) is 0 Å². The van der Waals surface area contributed by atoms with Crippen molar-refractivity contribution in [2.75, 3.05) is 25.1 Å². The molecule has 1 aliphatic heterocycles. The van der Waals surface area contributed by atoms with Gasteiger partial charge in [0.2, 0.25) is 5.88 Å². The summed E-state index contributed by atoms with van der Waals surface area (Å²) < 4.78 is 7.53. The number of hydrogen-bond acceptors (Lipinski definition) is 6. The Hall–Kier alpha value is -2.93. The molecule has 3 heterocycles. The van der Waals surface area contributed by atoms with Crippen LogP contribution in [-0.2, 0) is 4.74 Å². The molecule has 3 aromatic rings. The second kappa shape index (κ2) is 7.59. The van der Waals surface area contributed by atoms with Gasteiger partial charge in [0.1, 0.15) is 6.33 Å². The first-order valence-corrected chi connectivity index (χ1v) is 9.56. The molecule has 1 unspecified atom stereocenters. The Morgan fingerprint density at radius 1 is 1.18 bits per heavy atom. The van der Waals surface area contributed by atoms with Crippen LogP contribution in [0.4, 0.5) is 5.69 Å². The van der Waals surface area contributed by atoms with Crippen LogP contribution in [0.3, 0.4) is 0 Å². The Morgan fingerprint density at radius 3 is 2.64 bits per heavy atom. The average Bonchev–Trinajstić information content (AvgIpc) is 3.00. The lowest BCUT2D eigenvalue weighted by molar-refractivity contribution is 0.171. The number of anilines is 1. The highest BCUT2D eigenvalue weighted by atomic mass is 16.5. The third-order valence-corrected chi connectivity index (χ3v) is 5.02. The Bertz CT molecular complexity index is 1010. The summed E-state index contributed by atoms with van der Waals surface area (Å²) in [5, 5.41) is 15.4. The molecule has 0 aliphatic carbocycles. The van der Waals surface area contributed by atoms with Crippen molar-refractivity contribution >= 4 is 22.3 Å². The van der Waals surface area contributed by atoms with Crippen molar-refractivity contribution in [3.05, 3.63) is 48.0 Å². The fourth-order valence-corrected chi connectivity index (χ4v) is 3.68. The van der Waals surface area contributed by atoms with Gasteiger partial charge in [-0.15, -0.1) is 0 Å². The maximum Gasteiger partial charge on any atom is 0.201 e. The van der Waals surface area contributed by atoms with Gasteiger partial charge in [0.25, 0.3) is 0 Å². The molecule has 7 nitrogen and oxygen atoms in total. The highest BCUT2D eigenvalue weighted by molar-refractivity contribution is 6.14. The van der Waals surface area contributed by atoms with Crippen molar-refractivity contribution in [3.8, 4) is 5.88 Å². The molecule has 0 amide bonds. The van der Waals surface area contributed by atoms with Gasteiger partial charge >= 0.3 is 0 Å². The maximum absolute atomic E-state index is 11.0. The molecule has 0 saturated carbocycles. The molecule has 0 bridgehead atoms. The molecule has 2 aromatic heterocycles. The SMILES string of the molecule is CC(Nc1ccc2c(c1)c(C1=NCCOC1)c(O)n2C(C)C)c1cncnc1. The van der Waals surface area contributed by atoms with Crippen molar-refractivity contribution in [1.82, 2.24) is 14.5 Å². The van der Waals surface area contributed by atoms with Crippen LogP contribution >= 0.6 is 0 Å². The van der Waals surface area contributed by atoms with Crippen LogP contribution in [0.15, 0.2) is 41.9 Å². The van der Waals surface area contributed by atoms with Crippen LogP contribution < -0.4 is 5.32 Å². The molecule has 0 saturated heterocycles. The van der Waals surface area contributed by atoms with Crippen LogP contribution in [0.1, 0.15) is 44.0 Å². The van der Waals surface area contributed by atoms with Crippen LogP contribution in [-0.4, -0.2) is 45.1 Å². The highest BCUT2D eigenvalue weighted by Crippen LogP contribution is 2.37. The van der Waals surface area contributed by atoms with Gasteiger partial charge in [0.05, 0.1) is 42.6 Å². The fraction of sp³-hybridized carbons (Fsp3) is 0.381. The summed E-state index contributed by atoms with van der Waals surface area (Å²) in [7, 11) is 0. The van der Waals surface area contributed by atoms with Crippen molar-refractivity contribution in [2.24, 2.45) is 4.99 Å². The molecule has 7 heteroatoms. The minimum atomic E-state index is 0.0539. The number of rotatable bonds is 5. The molecular formula is C21H25N5O2. The van der Waals surface area contributed by atoms with Gasteiger partial charge < -0.3 is 19.7 Å². The molecule has 1 aromatic carbocycles. The van der Waals surface area contributed by atoms with E-state index in [1.807, 2.05) is 29.1 Å². The zero-order valence-electron chi connectivity index (χ0n) is 16.4. The molecule has 1 atom stereocenters. The minimum absolute atomic E-state index is 0.0539. The first kappa shape index (κ1) is 18.4. The molecule has 146 valence electrons. The molecule has 0 fully saturated rings. The Labute approximate surface area is 164 Å². The quantitative estimate of drug-likeness (QED) is 0.706. The zero-order valence-corrected chi connectivity index (χ0v) is 16.4. The summed E-state index contributed by atoms with van der Waals surface area (Å²) >= 11 is 0. The van der Waals surface area contributed by atoms with Crippen LogP contribution in [0, 0.1) is 0 Å². The monoisotopic (exact) mass is 379 g/mol. The van der Waals surface area contributed by atoms with E-state index in [0.717, 1.165) is 33.4 Å². The summed E-state index contributed by atoms with van der Waals surface area (Å²) in [6.07, 6.45) is 5.15. The Morgan fingerprint density at radius 2 is 1.96 bits per heavy atom. The highest BCUT2D eigenvalue weighted by Gasteiger charge is 2.24. The largest absolute Gasteiger partial charge is 0.494 e. The smallest absolute Gasteiger partial charge is 0.201 e. The first-order valence-electron chi connectivity index (χ1n) is 9.56. The number of aromatic nitrogens is 3. The van der Waals surface area contributed by atoms with Crippen molar-refractivity contribution in [3.63, 3.8) is 0 Å². The zero-order chi connectivity index (χ0) is 19.7. The van der Waals surface area contributed by atoms with E-state index in [0.29, 0.717) is 19.8 Å². The van der Waals surface area contributed by atoms with Gasteiger partial charge in [-0.3, -0.25) is 4.99 Å². The number of aromatic hydroxyl groups is 1. The normalized spacial score (nSPS) is 15.6. The fourth-order valence-electron chi connectivity index (χ4n) is 3.68. The number of fused-ring (bicyclic) bond motifs is 1. The topological polar surface area (TPSA) is 84.6 Å². The summed E-state index contributed by atoms with van der Waals surface area (Å²) in [5.74, 6) is 0.246. The Balaban J connectivity index is 1.78. The molecule has 4 rings (SSSR count). The van der Waals surface area contributed by atoms with Crippen molar-refractivity contribution in [2.45, 2.75) is 32.9 Å². The van der Waals surface area contributed by atoms with E-state index in [2.05, 4.69) is 47.1 Å². The van der Waals surface area contributed by atoms with E-state index >= 15 is 0 Å². The Kier molecular flexibility index (Phi) is 5.00. The lowest BCUT2D eigenvalue weighted by Crippen LogP contribution is -2.19. The summed E-state index contributed by atoms with van der Waals surface area (Å²) in [4.78, 5) is 12.8. The summed E-state index contributed by atoms with van der Waals surface area (Å²) in [5.41, 5.74) is 4.52. The predicted octanol–water partition coefficient (Wildman–Crippen LogP) is 3.71. The number of aliphatic imine (C=N–C) groups is 1. The van der Waals surface area contributed by atoms with Crippen LogP contribution in [0.2, 0.25) is 0 Å². The van der Waals surface area contributed by atoms with Crippen molar-refractivity contribution < 1.29 is 9.84 Å². The third-order valence-electron chi connectivity index (χ3n) is 5.02. The first-order chi connectivity index (χ1) is 13.6. The number of nitrogens with one attached hydrogen (secondary N) is 1. The second-order valence-electron chi connectivity index (χ2n) is 7.31. The molecule has 1 aliphatic rings. The second-order valence-corrected chi connectivity index (χ2v) is 7.31. The number of nitrogens with zero attached hydrogens (tertiary/aromatic N) is 4. The van der Waals surface area contributed by atoms with E-state index in [9.17, 15) is 5.11 Å². The summed E-state index contributed by atoms with van der Waals surface area (Å²) in [6, 6.07) is 6.32. The predicted molar refractivity (Wildman–Crippen MR) is 110 cm³/mol. The number of ether oxygens (including phenoxy) is 1. The van der Waals surface area contributed by atoms with E-state index in [1.165, 1.54) is 6.33 Å². The molecular weight excluding hydrogens is 354 g/mol. The summed E-state index contributed by atoms with van der Waals surface area (Å²) in [6.45, 7) is 7.85. The van der Waals surface area contributed by atoms with Gasteiger partial charge in [0, 0.05) is 35.1 Å². The van der Waals surface area contributed by atoms with Gasteiger partial charge in [-0.1, -0.05) is 0 Å². The molecule has 28 heavy (non-hydrogen) atoms. The third kappa shape index (κ3) is 3.33. The van der Waals surface area contributed by atoms with Gasteiger partial charge in [0.15, 0.2) is 0 Å². The average molecular weight is 379 g/mol. The minimum Gasteiger partial charge on any atom is -0.494 e. The van der Waals surface area contributed by atoms with E-state index in [4.69, 9.17) is 4.74 Å². The van der Waals surface area contributed by atoms with E-state index < -0.39 is 0 Å². The lowest BCUT2D eigenvalue weighted by atomic mass is 10.1. The molecule has 0 spiro atoms. The maximum atomic E-state index is 11.0. The van der Waals surface area contributed by atoms with Crippen molar-refractivity contribution in [1.29, 1.82) is 0 Å². The number of hydrogen-bond donors (Lipinski definition) is 2. The van der Waals surface area contributed by atoms with Gasteiger partial charge in [-0.05, 0) is 39.0 Å². The van der Waals surface area contributed by atoms with E-state index in [1.54, 1.807) is 0 Å². The van der Waals surface area contributed by atoms with Crippen LogP contribution in [0.25, 0.3) is 10.9 Å². The lowest BCUT2D eigenvalue weighted by Gasteiger charge is -2.16. The van der Waals surface area contributed by atoms with E-state index in [-0.39, 0.29) is 18.0 Å².